The van der Waals surface area contributed by atoms with Crippen molar-refractivity contribution in [1.82, 2.24) is 24.9 Å². The molecule has 0 aliphatic carbocycles. The summed E-state index contributed by atoms with van der Waals surface area (Å²) in [5, 5.41) is 19.2. The van der Waals surface area contributed by atoms with Crippen molar-refractivity contribution in [3.63, 3.8) is 0 Å². The lowest BCUT2D eigenvalue weighted by Crippen LogP contribution is -2.61. The molecule has 0 bridgehead atoms. The molecule has 2 atom stereocenters. The second-order valence-electron chi connectivity index (χ2n) is 33.2. The molecule has 696 valence electrons. The zero-order valence-corrected chi connectivity index (χ0v) is 77.1. The van der Waals surface area contributed by atoms with Gasteiger partial charge in [0.25, 0.3) is 0 Å². The van der Waals surface area contributed by atoms with Gasteiger partial charge >= 0.3 is 6.36 Å². The number of phenols is 2. The number of benzene rings is 7. The van der Waals surface area contributed by atoms with Crippen molar-refractivity contribution in [3.8, 4) is 34.5 Å². The van der Waals surface area contributed by atoms with E-state index in [1.807, 2.05) is 149 Å². The van der Waals surface area contributed by atoms with E-state index in [1.54, 1.807) is 93.6 Å². The molecule has 3 saturated heterocycles. The maximum atomic E-state index is 13.4. The number of piperidine rings is 1. The number of ether oxygens (including phenoxy) is 5. The largest absolute Gasteiger partial charge is 0.573 e. The number of alkyl halides is 3. The number of aromatic hydroxyl groups is 2. The Morgan fingerprint density at radius 1 is 0.448 bits per heavy atom. The Hall–Kier alpha value is -13.7. The molecule has 8 aliphatic heterocycles. The number of pyridine rings is 5. The first-order chi connectivity index (χ1) is 63.5. The highest BCUT2D eigenvalue weighted by molar-refractivity contribution is 7.91. The fraction of sp³-hybridized carbons (Fsp3) is 0.273. The lowest BCUT2D eigenvalue weighted by atomic mass is 9.95. The van der Waals surface area contributed by atoms with Gasteiger partial charge in [-0.1, -0.05) is 42.5 Å². The Bertz CT molecular complexity index is 6670. The molecule has 0 amide bonds. The number of nitrogens with one attached hydrogen (secondary N) is 2. The number of rotatable bonds is 22. The number of nitrogens with zero attached hydrogens (tertiary/aromatic N) is 13. The fourth-order valence-corrected chi connectivity index (χ4v) is 18.7. The first-order valence-electron chi connectivity index (χ1n) is 42.9. The Kier molecular flexibility index (Phi) is 30.2. The number of phenolic OH excluding ortho intramolecular Hbond substituents is 2. The molecule has 5 aromatic heterocycles. The number of aromatic nitrogens is 5. The molecule has 7 aromatic carbocycles. The number of hydrogen-bond donors (Lipinski definition) is 4. The maximum absolute atomic E-state index is 13.4. The highest BCUT2D eigenvalue weighted by Gasteiger charge is 2.41. The quantitative estimate of drug-likeness (QED) is 0.0458. The monoisotopic (exact) mass is 1880 g/mol. The van der Waals surface area contributed by atoms with Crippen LogP contribution in [-0.4, -0.2) is 181 Å². The van der Waals surface area contributed by atoms with E-state index in [4.69, 9.17) is 23.9 Å². The highest BCUT2D eigenvalue weighted by Crippen LogP contribution is 2.38. The van der Waals surface area contributed by atoms with E-state index in [9.17, 15) is 44.6 Å². The number of aliphatic imine (C=N–C) groups is 5. The van der Waals surface area contributed by atoms with Crippen LogP contribution in [-0.2, 0) is 69.3 Å². The minimum Gasteiger partial charge on any atom is -0.508 e. The Morgan fingerprint density at radius 2 is 0.821 bits per heavy atom. The van der Waals surface area contributed by atoms with Crippen LogP contribution >= 0.6 is 0 Å². The van der Waals surface area contributed by atoms with Gasteiger partial charge in [0.15, 0.2) is 31.8 Å². The number of hydrogen-bond acceptors (Lipinski definition) is 24. The van der Waals surface area contributed by atoms with Gasteiger partial charge in [-0.2, -0.15) is 0 Å². The molecule has 28 nitrogen and oxygen atoms in total. The van der Waals surface area contributed by atoms with Gasteiger partial charge in [0, 0.05) is 139 Å². The molecule has 12 aromatic rings. The molecule has 0 radical (unpaired) electrons. The van der Waals surface area contributed by atoms with Gasteiger partial charge in [-0.25, -0.2) is 46.1 Å². The minimum absolute atomic E-state index is 0. The van der Waals surface area contributed by atoms with Crippen LogP contribution in [0.2, 0.25) is 0 Å². The van der Waals surface area contributed by atoms with Crippen molar-refractivity contribution in [3.05, 3.63) is 320 Å². The van der Waals surface area contributed by atoms with Crippen LogP contribution < -0.4 is 43.1 Å². The van der Waals surface area contributed by atoms with Gasteiger partial charge in [-0.05, 0) is 239 Å². The van der Waals surface area contributed by atoms with Gasteiger partial charge < -0.3 is 59.5 Å². The Labute approximate surface area is 778 Å². The molecule has 8 aliphatic rings. The third-order valence-electron chi connectivity index (χ3n) is 22.8. The molecule has 8 N–H and O–H groups in total. The minimum atomic E-state index is -4.72. The van der Waals surface area contributed by atoms with Crippen LogP contribution in [0.3, 0.4) is 0 Å². The second-order valence-corrected chi connectivity index (χ2v) is 38.0. The summed E-state index contributed by atoms with van der Waals surface area (Å²) in [7, 11) is -2.82. The molecule has 0 saturated carbocycles. The summed E-state index contributed by atoms with van der Waals surface area (Å²) in [6.45, 7) is 17.5. The van der Waals surface area contributed by atoms with E-state index in [-0.39, 0.29) is 45.5 Å². The SMILES string of the molecule is CC(C)Oc1ccc2c(c1)C(c1ccnc(NS(=O)c3cccc(F)c3)c1)=NC2.COC1(C)CN(c2cc(C3=NCc4ccc(OC(F)(F)F)cc43)ccn2)C1.COc1cccc(S(=O)Nc2cc(C3=NCc4ccc(OC(C)C)cc43)ccn2)c1.CS(=O)(=O)C1CN(c2cc(C3=NCc4ccc(O)cc43)ccn2)C1.O.O.Oc1ccc2c(c1)C(c1ccnc(N3CCCCC3)c1)=NC2. The van der Waals surface area contributed by atoms with E-state index in [1.165, 1.54) is 61.4 Å². The van der Waals surface area contributed by atoms with Crippen LogP contribution in [0, 0.1) is 5.82 Å². The first kappa shape index (κ1) is 96.3. The van der Waals surface area contributed by atoms with Crippen molar-refractivity contribution < 1.29 is 79.2 Å². The lowest BCUT2D eigenvalue weighted by Gasteiger charge is -2.47. The van der Waals surface area contributed by atoms with E-state index in [0.29, 0.717) is 90.0 Å². The summed E-state index contributed by atoms with van der Waals surface area (Å²) in [6, 6.07) is 59.0. The summed E-state index contributed by atoms with van der Waals surface area (Å²) in [6.07, 6.45) is 9.12. The third kappa shape index (κ3) is 23.3. The molecule has 3 fully saturated rings. The van der Waals surface area contributed by atoms with Gasteiger partial charge in [0.2, 0.25) is 0 Å². The summed E-state index contributed by atoms with van der Waals surface area (Å²) < 4.78 is 131. The molecule has 134 heavy (non-hydrogen) atoms. The van der Waals surface area contributed by atoms with Crippen molar-refractivity contribution >= 4 is 89.5 Å². The smallest absolute Gasteiger partial charge is 0.508 e. The van der Waals surface area contributed by atoms with Gasteiger partial charge in [0.05, 0.1) is 101 Å². The van der Waals surface area contributed by atoms with E-state index in [2.05, 4.69) is 81.0 Å². The predicted octanol–water partition coefficient (Wildman–Crippen LogP) is 15.3. The molecular weight excluding hydrogens is 1780 g/mol. The van der Waals surface area contributed by atoms with E-state index >= 15 is 0 Å². The van der Waals surface area contributed by atoms with Gasteiger partial charge in [-0.15, -0.1) is 13.2 Å². The Morgan fingerprint density at radius 3 is 1.22 bits per heavy atom. The average Bonchev–Trinajstić information content (AvgIpc) is 1.31. The van der Waals surface area contributed by atoms with E-state index < -0.39 is 44.0 Å². The second kappa shape index (κ2) is 42.0. The normalized spacial score (nSPS) is 15.6. The zero-order chi connectivity index (χ0) is 92.5. The molecule has 13 heterocycles. The summed E-state index contributed by atoms with van der Waals surface area (Å²) >= 11 is 0. The number of fused-ring (bicyclic) bond motifs is 5. The predicted molar refractivity (Wildman–Crippen MR) is 513 cm³/mol. The molecule has 2 unspecified atom stereocenters. The topological polar surface area (TPSA) is 378 Å². The number of sulfone groups is 1. The highest BCUT2D eigenvalue weighted by atomic mass is 32.2. The first-order valence-corrected chi connectivity index (χ1v) is 47.2. The number of anilines is 5. The fourth-order valence-electron chi connectivity index (χ4n) is 16.1. The molecule has 35 heteroatoms. The van der Waals surface area contributed by atoms with Crippen LogP contribution in [0.1, 0.15) is 137 Å². The van der Waals surface area contributed by atoms with Crippen molar-refractivity contribution in [2.75, 3.05) is 83.9 Å². The molecule has 0 spiro atoms. The third-order valence-corrected chi connectivity index (χ3v) is 26.5. The van der Waals surface area contributed by atoms with Gasteiger partial charge in [0.1, 0.15) is 69.4 Å². The molecular formula is C99H101F4N15O13S3. The molecule has 20 rings (SSSR count). The lowest BCUT2D eigenvalue weighted by molar-refractivity contribution is -0.274. The van der Waals surface area contributed by atoms with Crippen LogP contribution in [0.4, 0.5) is 46.7 Å². The standard InChI is InChI=1S/C23H23N3O3S.C22H20FN3O2S.C19H18F3N3O2.C18H19N3O.C17H17N3O3S.2H2O/c1-15(2)29-19-8-7-17-14-25-23(21(17)13-19)16-9-10-24-22(11-16)26-30(27)20-6-4-5-18(12-20)28-3;1-14(2)28-18-7-6-16-13-25-22(20(16)12-18)15-8-9-24-21(10-15)26-29(27)19-5-3-4-17(23)11-19;1-18(26-2)10-25(11-18)16-7-12(5-6-23-16)17-15-8-14(27-19(20,21)22)4-3-13(15)9-24-17;22-15-5-4-14-12-20-18(16(14)11-15)13-6-7-19-17(10-13)21-8-2-1-3-9-21;1-24(22,23)14-9-20(10-14)16-6-11(4-5-18-16)17-15-7-13(21)3-2-12(15)8-19-17;;/h4-13,15H,14H2,1-3H3,(H,24,26);3-12,14H,13H2,1-2H3,(H,24,26);3-8H,9-11H2,1-2H3;4-7,10-11,22H,1-3,8-9,12H2;2-7,14,21H,8-10H2,1H3;2*1H2. The maximum Gasteiger partial charge on any atom is 0.573 e. The number of halogens is 4. The number of methoxy groups -OCH3 is 2. The van der Waals surface area contributed by atoms with Crippen LogP contribution in [0.25, 0.3) is 0 Å². The zero-order valence-electron chi connectivity index (χ0n) is 74.7. The van der Waals surface area contributed by atoms with E-state index in [0.717, 1.165) is 150 Å². The summed E-state index contributed by atoms with van der Waals surface area (Å²) in [5.41, 5.74) is 18.7. The Balaban J connectivity index is 0.000000134. The summed E-state index contributed by atoms with van der Waals surface area (Å²) in [4.78, 5) is 52.3. The van der Waals surface area contributed by atoms with Crippen LogP contribution in [0.5, 0.6) is 34.5 Å². The van der Waals surface area contributed by atoms with Crippen molar-refractivity contribution in [2.24, 2.45) is 25.0 Å². The average molecular weight is 1880 g/mol. The summed E-state index contributed by atoms with van der Waals surface area (Å²) in [5.74, 6) is 5.63. The van der Waals surface area contributed by atoms with Crippen molar-refractivity contribution in [1.29, 1.82) is 0 Å². The van der Waals surface area contributed by atoms with Crippen molar-refractivity contribution in [2.45, 2.75) is 126 Å². The van der Waals surface area contributed by atoms with Gasteiger partial charge in [-0.3, -0.25) is 34.4 Å². The van der Waals surface area contributed by atoms with Crippen LogP contribution in [0.15, 0.2) is 266 Å².